The van der Waals surface area contributed by atoms with Gasteiger partial charge in [-0.05, 0) is 37.5 Å². The highest BCUT2D eigenvalue weighted by atomic mass is 35.5. The van der Waals surface area contributed by atoms with Crippen LogP contribution < -0.4 is 16.0 Å². The summed E-state index contributed by atoms with van der Waals surface area (Å²) in [4.78, 5) is 31.6. The molecule has 0 fully saturated rings. The molecule has 2 unspecified atom stereocenters. The predicted molar refractivity (Wildman–Crippen MR) is 134 cm³/mol. The van der Waals surface area contributed by atoms with Gasteiger partial charge in [0.25, 0.3) is 0 Å². The number of hydrogen-bond donors (Lipinski definition) is 2. The number of ether oxygens (including phenoxy) is 1. The molecule has 1 aromatic carbocycles. The molecular weight excluding hydrogens is 465 g/mol. The summed E-state index contributed by atoms with van der Waals surface area (Å²) in [5.74, 6) is 0.924. The molecular formula is C23H35Cl2N5O3. The van der Waals surface area contributed by atoms with E-state index in [1.54, 1.807) is 6.92 Å². The Kier molecular flexibility index (Phi) is 10.7. The Morgan fingerprint density at radius 1 is 1.24 bits per heavy atom. The van der Waals surface area contributed by atoms with Crippen molar-refractivity contribution in [1.29, 1.82) is 0 Å². The highest BCUT2D eigenvalue weighted by Crippen LogP contribution is 2.23. The summed E-state index contributed by atoms with van der Waals surface area (Å²) in [6.07, 6.45) is 0.919. The number of alkyl halides is 2. The van der Waals surface area contributed by atoms with Gasteiger partial charge in [-0.1, -0.05) is 13.8 Å². The third-order valence-corrected chi connectivity index (χ3v) is 5.89. The van der Waals surface area contributed by atoms with Crippen molar-refractivity contribution in [1.82, 2.24) is 14.9 Å². The largest absolute Gasteiger partial charge is 0.464 e. The van der Waals surface area contributed by atoms with Crippen LogP contribution in [-0.2, 0) is 27.8 Å². The van der Waals surface area contributed by atoms with Crippen LogP contribution in [0.5, 0.6) is 0 Å². The van der Waals surface area contributed by atoms with Crippen molar-refractivity contribution in [2.24, 2.45) is 18.7 Å². The van der Waals surface area contributed by atoms with Crippen LogP contribution in [-0.4, -0.2) is 65.0 Å². The summed E-state index contributed by atoms with van der Waals surface area (Å²) in [5, 5.41) is 2.73. The summed E-state index contributed by atoms with van der Waals surface area (Å²) in [6, 6.07) is 4.60. The summed E-state index contributed by atoms with van der Waals surface area (Å²) in [5.41, 5.74) is 9.00. The van der Waals surface area contributed by atoms with Crippen molar-refractivity contribution in [3.63, 3.8) is 0 Å². The minimum absolute atomic E-state index is 0.105. The highest BCUT2D eigenvalue weighted by molar-refractivity contribution is 6.18. The number of rotatable bonds is 13. The molecule has 2 aromatic rings. The summed E-state index contributed by atoms with van der Waals surface area (Å²) in [7, 11) is 1.95. The molecule has 3 N–H and O–H groups in total. The van der Waals surface area contributed by atoms with Crippen LogP contribution in [0, 0.1) is 5.92 Å². The second-order valence-corrected chi connectivity index (χ2v) is 9.01. The number of halogens is 2. The first kappa shape index (κ1) is 27.2. The molecule has 0 radical (unpaired) electrons. The standard InChI is InChI=1S/C23H35Cl2N5O3/c1-5-33-23(32)21(15(2)3)28-22(31)17(26)7-9-20-27-18-14-16(6-8-19(18)29(20)4)30(12-10-24)13-11-25/h6,8,14-15,17,21H,5,7,9-13,26H2,1-4H3,(H,28,31). The van der Waals surface area contributed by atoms with Gasteiger partial charge in [-0.3, -0.25) is 4.79 Å². The number of esters is 1. The van der Waals surface area contributed by atoms with E-state index in [4.69, 9.17) is 38.7 Å². The first-order chi connectivity index (χ1) is 15.7. The fourth-order valence-corrected chi connectivity index (χ4v) is 4.05. The van der Waals surface area contributed by atoms with Gasteiger partial charge in [0.15, 0.2) is 0 Å². The molecule has 0 saturated heterocycles. The van der Waals surface area contributed by atoms with Gasteiger partial charge in [-0.15, -0.1) is 23.2 Å². The maximum absolute atomic E-state index is 12.6. The van der Waals surface area contributed by atoms with Gasteiger partial charge in [0, 0.05) is 44.0 Å². The number of nitrogens with zero attached hydrogens (tertiary/aromatic N) is 3. The summed E-state index contributed by atoms with van der Waals surface area (Å²) in [6.45, 7) is 7.09. The van der Waals surface area contributed by atoms with E-state index in [9.17, 15) is 9.59 Å². The van der Waals surface area contributed by atoms with Gasteiger partial charge in [-0.25, -0.2) is 9.78 Å². The minimum atomic E-state index is -0.765. The lowest BCUT2D eigenvalue weighted by Gasteiger charge is -2.22. The van der Waals surface area contributed by atoms with Gasteiger partial charge in [0.05, 0.1) is 23.7 Å². The minimum Gasteiger partial charge on any atom is -0.464 e. The Morgan fingerprint density at radius 2 is 1.91 bits per heavy atom. The number of nitrogens with one attached hydrogen (secondary N) is 1. The van der Waals surface area contributed by atoms with Crippen LogP contribution in [0.15, 0.2) is 18.2 Å². The fourth-order valence-electron chi connectivity index (χ4n) is 3.64. The van der Waals surface area contributed by atoms with E-state index in [0.29, 0.717) is 37.7 Å². The number of imidazole rings is 1. The van der Waals surface area contributed by atoms with Gasteiger partial charge in [0.1, 0.15) is 11.9 Å². The molecule has 184 valence electrons. The number of aryl methyl sites for hydroxylation is 2. The molecule has 2 rings (SSSR count). The van der Waals surface area contributed by atoms with E-state index in [2.05, 4.69) is 10.2 Å². The smallest absolute Gasteiger partial charge is 0.328 e. The number of amides is 1. The number of fused-ring (bicyclic) bond motifs is 1. The molecule has 1 amide bonds. The Labute approximate surface area is 205 Å². The van der Waals surface area contributed by atoms with Gasteiger partial charge in [0.2, 0.25) is 5.91 Å². The molecule has 2 atom stereocenters. The normalized spacial score (nSPS) is 13.2. The molecule has 33 heavy (non-hydrogen) atoms. The topological polar surface area (TPSA) is 102 Å². The second-order valence-electron chi connectivity index (χ2n) is 8.25. The predicted octanol–water partition coefficient (Wildman–Crippen LogP) is 2.82. The SMILES string of the molecule is CCOC(=O)C(NC(=O)C(N)CCc1nc2cc(N(CCCl)CCCl)ccc2n1C)C(C)C. The fraction of sp³-hybridized carbons (Fsp3) is 0.609. The number of hydrogen-bond acceptors (Lipinski definition) is 6. The molecule has 10 heteroatoms. The van der Waals surface area contributed by atoms with Crippen LogP contribution in [0.25, 0.3) is 11.0 Å². The van der Waals surface area contributed by atoms with Crippen molar-refractivity contribution < 1.29 is 14.3 Å². The number of carbonyl (C=O) groups excluding carboxylic acids is 2. The molecule has 0 spiro atoms. The van der Waals surface area contributed by atoms with E-state index in [0.717, 1.165) is 22.5 Å². The van der Waals surface area contributed by atoms with Crippen LogP contribution in [0.2, 0.25) is 0 Å². The van der Waals surface area contributed by atoms with E-state index < -0.39 is 18.1 Å². The van der Waals surface area contributed by atoms with E-state index in [1.807, 2.05) is 43.7 Å². The summed E-state index contributed by atoms with van der Waals surface area (Å²) < 4.78 is 7.06. The maximum Gasteiger partial charge on any atom is 0.328 e. The number of carbonyl (C=O) groups is 2. The maximum atomic E-state index is 12.6. The summed E-state index contributed by atoms with van der Waals surface area (Å²) >= 11 is 11.9. The molecule has 1 heterocycles. The Morgan fingerprint density at radius 3 is 2.48 bits per heavy atom. The second kappa shape index (κ2) is 13.0. The molecule has 0 bridgehead atoms. The molecule has 1 aromatic heterocycles. The third kappa shape index (κ3) is 7.22. The van der Waals surface area contributed by atoms with Crippen LogP contribution in [0.3, 0.4) is 0 Å². The zero-order valence-electron chi connectivity index (χ0n) is 19.8. The monoisotopic (exact) mass is 499 g/mol. The van der Waals surface area contributed by atoms with Gasteiger partial charge in [-0.2, -0.15) is 0 Å². The van der Waals surface area contributed by atoms with E-state index in [-0.39, 0.29) is 18.4 Å². The van der Waals surface area contributed by atoms with E-state index in [1.165, 1.54) is 0 Å². The average molecular weight is 500 g/mol. The zero-order valence-corrected chi connectivity index (χ0v) is 21.3. The molecule has 0 saturated carbocycles. The number of benzene rings is 1. The van der Waals surface area contributed by atoms with Crippen molar-refractivity contribution in [2.75, 3.05) is 36.4 Å². The lowest BCUT2D eigenvalue weighted by molar-refractivity contribution is -0.148. The van der Waals surface area contributed by atoms with Crippen LogP contribution in [0.4, 0.5) is 5.69 Å². The quantitative estimate of drug-likeness (QED) is 0.324. The van der Waals surface area contributed by atoms with Crippen molar-refractivity contribution in [3.05, 3.63) is 24.0 Å². The Hall–Kier alpha value is -2.03. The first-order valence-electron chi connectivity index (χ1n) is 11.3. The van der Waals surface area contributed by atoms with Crippen LogP contribution >= 0.6 is 23.2 Å². The Bertz CT molecular complexity index is 928. The molecule has 0 aliphatic heterocycles. The van der Waals surface area contributed by atoms with Crippen molar-refractivity contribution in [2.45, 2.75) is 45.7 Å². The van der Waals surface area contributed by atoms with E-state index >= 15 is 0 Å². The molecule has 0 aliphatic carbocycles. The number of aromatic nitrogens is 2. The first-order valence-corrected chi connectivity index (χ1v) is 12.3. The lowest BCUT2D eigenvalue weighted by Crippen LogP contribution is -2.51. The molecule has 0 aliphatic rings. The van der Waals surface area contributed by atoms with Crippen molar-refractivity contribution in [3.8, 4) is 0 Å². The lowest BCUT2D eigenvalue weighted by atomic mass is 10.0. The van der Waals surface area contributed by atoms with Gasteiger partial charge < -0.3 is 25.3 Å². The number of anilines is 1. The Balaban J connectivity index is 2.08. The zero-order chi connectivity index (χ0) is 24.5. The van der Waals surface area contributed by atoms with Crippen LogP contribution in [0.1, 0.15) is 33.0 Å². The third-order valence-electron chi connectivity index (χ3n) is 5.55. The highest BCUT2D eigenvalue weighted by Gasteiger charge is 2.27. The number of nitrogens with two attached hydrogens (primary N) is 1. The van der Waals surface area contributed by atoms with Crippen molar-refractivity contribution >= 4 is 51.8 Å². The average Bonchev–Trinajstić information content (AvgIpc) is 3.10. The van der Waals surface area contributed by atoms with Gasteiger partial charge >= 0.3 is 5.97 Å². The molecule has 8 nitrogen and oxygen atoms in total.